The predicted molar refractivity (Wildman–Crippen MR) is 122 cm³/mol. The van der Waals surface area contributed by atoms with Gasteiger partial charge in [0.2, 0.25) is 0 Å². The van der Waals surface area contributed by atoms with E-state index in [1.165, 1.54) is 12.1 Å². The second-order valence-electron chi connectivity index (χ2n) is 7.16. The molecule has 4 aromatic rings. The highest BCUT2D eigenvalue weighted by Gasteiger charge is 2.27. The molecule has 1 heterocycles. The van der Waals surface area contributed by atoms with Gasteiger partial charge in [-0.2, -0.15) is 8.42 Å². The molecule has 0 aliphatic heterocycles. The van der Waals surface area contributed by atoms with Crippen LogP contribution in [0, 0.1) is 6.92 Å². The van der Waals surface area contributed by atoms with E-state index in [0.29, 0.717) is 5.75 Å². The van der Waals surface area contributed by atoms with Crippen LogP contribution in [0.25, 0.3) is 10.1 Å². The summed E-state index contributed by atoms with van der Waals surface area (Å²) in [5.41, 5.74) is 1.66. The summed E-state index contributed by atoms with van der Waals surface area (Å²) in [4.78, 5) is 0.0468. The van der Waals surface area contributed by atoms with Crippen LogP contribution in [0.15, 0.2) is 89.1 Å². The van der Waals surface area contributed by atoms with Crippen molar-refractivity contribution in [3.63, 3.8) is 0 Å². The summed E-state index contributed by atoms with van der Waals surface area (Å²) in [6.45, 7) is 1.44. The normalized spacial score (nSPS) is 13.7. The highest BCUT2D eigenvalue weighted by Crippen LogP contribution is 2.34. The largest absolute Gasteiger partial charge is 0.482 e. The van der Waals surface area contributed by atoms with Crippen molar-refractivity contribution >= 4 is 31.5 Å². The lowest BCUT2D eigenvalue weighted by Gasteiger charge is -2.25. The number of thiophene rings is 1. The van der Waals surface area contributed by atoms with Crippen LogP contribution in [-0.2, 0) is 14.3 Å². The van der Waals surface area contributed by atoms with Gasteiger partial charge in [0.25, 0.3) is 10.1 Å². The van der Waals surface area contributed by atoms with E-state index in [1.54, 1.807) is 23.5 Å². The Bertz CT molecular complexity index is 1250. The molecule has 0 aliphatic carbocycles. The molecule has 3 aromatic carbocycles. The Hall–Kier alpha value is -2.71. The van der Waals surface area contributed by atoms with Gasteiger partial charge in [-0.15, -0.1) is 11.3 Å². The van der Waals surface area contributed by atoms with Crippen LogP contribution in [0.1, 0.15) is 17.2 Å². The van der Waals surface area contributed by atoms with E-state index in [2.05, 4.69) is 0 Å². The molecule has 4 rings (SSSR count). The van der Waals surface area contributed by atoms with Crippen LogP contribution in [-0.4, -0.2) is 26.2 Å². The number of rotatable bonds is 8. The number of aliphatic hydroxyl groups excluding tert-OH is 1. The molecule has 0 amide bonds. The van der Waals surface area contributed by atoms with E-state index in [-0.39, 0.29) is 4.90 Å². The van der Waals surface area contributed by atoms with Gasteiger partial charge in [-0.05, 0) is 48.2 Å². The van der Waals surface area contributed by atoms with Gasteiger partial charge in [0.15, 0.2) is 6.10 Å². The molecule has 0 fully saturated rings. The van der Waals surface area contributed by atoms with Crippen molar-refractivity contribution in [2.24, 2.45) is 0 Å². The number of ether oxygens (including phenoxy) is 1. The smallest absolute Gasteiger partial charge is 0.297 e. The maximum absolute atomic E-state index is 12.5. The first kappa shape index (κ1) is 21.5. The topological polar surface area (TPSA) is 72.8 Å². The second-order valence-corrected chi connectivity index (χ2v) is 9.72. The van der Waals surface area contributed by atoms with Gasteiger partial charge in [0.05, 0.1) is 11.5 Å². The number of benzene rings is 3. The molecule has 1 N–H and O–H groups in total. The lowest BCUT2D eigenvalue weighted by molar-refractivity contribution is 0.00709. The summed E-state index contributed by atoms with van der Waals surface area (Å²) >= 11 is 1.60. The third kappa shape index (κ3) is 4.97. The van der Waals surface area contributed by atoms with Gasteiger partial charge in [-0.3, -0.25) is 4.18 Å². The van der Waals surface area contributed by atoms with Crippen LogP contribution in [0.5, 0.6) is 5.75 Å². The van der Waals surface area contributed by atoms with Crippen molar-refractivity contribution in [1.82, 2.24) is 0 Å². The molecular weight excluding hydrogens is 432 g/mol. The van der Waals surface area contributed by atoms with Gasteiger partial charge >= 0.3 is 0 Å². The van der Waals surface area contributed by atoms with Crippen molar-refractivity contribution in [2.45, 2.75) is 24.0 Å². The number of hydrogen-bond donors (Lipinski definition) is 1. The minimum atomic E-state index is -4.00. The number of fused-ring (bicyclic) bond motifs is 1. The summed E-state index contributed by atoms with van der Waals surface area (Å²) < 4.78 is 37.5. The van der Waals surface area contributed by atoms with Crippen LogP contribution in [0.2, 0.25) is 0 Å². The van der Waals surface area contributed by atoms with Crippen LogP contribution in [0.3, 0.4) is 0 Å². The molecule has 0 saturated carbocycles. The first-order valence-corrected chi connectivity index (χ1v) is 12.0. The van der Waals surface area contributed by atoms with E-state index in [1.807, 2.05) is 66.9 Å². The van der Waals surface area contributed by atoms with Gasteiger partial charge in [-0.1, -0.05) is 54.1 Å². The van der Waals surface area contributed by atoms with Crippen molar-refractivity contribution in [3.05, 3.63) is 95.4 Å². The Morgan fingerprint density at radius 3 is 2.42 bits per heavy atom. The fraction of sp³-hybridized carbons (Fsp3) is 0.167. The fourth-order valence-electron chi connectivity index (χ4n) is 3.24. The molecule has 5 nitrogen and oxygen atoms in total. The minimum absolute atomic E-state index is 0.0468. The third-order valence-electron chi connectivity index (χ3n) is 4.89. The number of aliphatic hydroxyl groups is 1. The molecule has 0 radical (unpaired) electrons. The fourth-order valence-corrected chi connectivity index (χ4v) is 4.96. The zero-order valence-electron chi connectivity index (χ0n) is 16.8. The van der Waals surface area contributed by atoms with Crippen molar-refractivity contribution < 1.29 is 22.4 Å². The average molecular weight is 455 g/mol. The minimum Gasteiger partial charge on any atom is -0.482 e. The maximum atomic E-state index is 12.5. The van der Waals surface area contributed by atoms with E-state index >= 15 is 0 Å². The molecule has 7 heteroatoms. The Morgan fingerprint density at radius 2 is 1.68 bits per heavy atom. The summed E-state index contributed by atoms with van der Waals surface area (Å²) in [5.74, 6) is 0.619. The molecule has 0 unspecified atom stereocenters. The van der Waals surface area contributed by atoms with Gasteiger partial charge in [0.1, 0.15) is 11.9 Å². The highest BCUT2D eigenvalue weighted by atomic mass is 32.2. The van der Waals surface area contributed by atoms with Crippen molar-refractivity contribution in [3.8, 4) is 5.75 Å². The van der Waals surface area contributed by atoms with E-state index in [9.17, 15) is 13.5 Å². The predicted octanol–water partition coefficient (Wildman–Crippen LogP) is 5.10. The molecule has 0 spiro atoms. The Morgan fingerprint density at radius 1 is 0.935 bits per heavy atom. The summed E-state index contributed by atoms with van der Waals surface area (Å²) in [6.07, 6.45) is -2.02. The Balaban J connectivity index is 1.57. The Labute approximate surface area is 185 Å². The summed E-state index contributed by atoms with van der Waals surface area (Å²) in [5, 5.41) is 13.8. The zero-order valence-corrected chi connectivity index (χ0v) is 18.5. The summed E-state index contributed by atoms with van der Waals surface area (Å²) in [6, 6.07) is 23.3. The standard InChI is InChI=1S/C24H22O5S2/c1-17-10-12-19(13-11-17)31(26,27)28-16-21(25)24(18-6-3-2-4-7-18)29-22-8-5-9-23-20(22)14-15-30-23/h2-15,21,24-25H,16H2,1H3/t21-,24+/m1/s1. The maximum Gasteiger partial charge on any atom is 0.297 e. The quantitative estimate of drug-likeness (QED) is 0.375. The SMILES string of the molecule is Cc1ccc(S(=O)(=O)OC[C@@H](O)[C@@H](Oc2cccc3sccc23)c2ccccc2)cc1. The molecular formula is C24H22O5S2. The monoisotopic (exact) mass is 454 g/mol. The van der Waals surface area contributed by atoms with Crippen LogP contribution >= 0.6 is 11.3 Å². The third-order valence-corrected chi connectivity index (χ3v) is 7.07. The van der Waals surface area contributed by atoms with Gasteiger partial charge in [0, 0.05) is 10.1 Å². The van der Waals surface area contributed by atoms with Crippen molar-refractivity contribution in [1.29, 1.82) is 0 Å². The molecule has 0 bridgehead atoms. The zero-order chi connectivity index (χ0) is 21.8. The lowest BCUT2D eigenvalue weighted by Crippen LogP contribution is -2.29. The molecule has 1 aromatic heterocycles. The molecule has 0 saturated heterocycles. The molecule has 160 valence electrons. The van der Waals surface area contributed by atoms with E-state index < -0.39 is 28.9 Å². The molecule has 0 aliphatic rings. The highest BCUT2D eigenvalue weighted by molar-refractivity contribution is 7.86. The molecule has 31 heavy (non-hydrogen) atoms. The number of hydrogen-bond acceptors (Lipinski definition) is 6. The van der Waals surface area contributed by atoms with E-state index in [4.69, 9.17) is 8.92 Å². The van der Waals surface area contributed by atoms with E-state index in [0.717, 1.165) is 21.2 Å². The first-order valence-electron chi connectivity index (χ1n) is 9.76. The van der Waals surface area contributed by atoms with Gasteiger partial charge < -0.3 is 9.84 Å². The average Bonchev–Trinajstić information content (AvgIpc) is 3.26. The summed E-state index contributed by atoms with van der Waals surface area (Å²) in [7, 11) is -4.00. The first-order chi connectivity index (χ1) is 14.9. The Kier molecular flexibility index (Phi) is 6.38. The van der Waals surface area contributed by atoms with Crippen LogP contribution < -0.4 is 4.74 Å². The lowest BCUT2D eigenvalue weighted by atomic mass is 10.0. The number of aryl methyl sites for hydroxylation is 1. The van der Waals surface area contributed by atoms with Crippen molar-refractivity contribution in [2.75, 3.05) is 6.61 Å². The second kappa shape index (κ2) is 9.20. The van der Waals surface area contributed by atoms with Crippen LogP contribution in [0.4, 0.5) is 0 Å². The van der Waals surface area contributed by atoms with Gasteiger partial charge in [-0.25, -0.2) is 0 Å². The molecule has 2 atom stereocenters.